The van der Waals surface area contributed by atoms with Gasteiger partial charge in [0.1, 0.15) is 0 Å². The van der Waals surface area contributed by atoms with E-state index in [1.165, 1.54) is 32.5 Å². The zero-order chi connectivity index (χ0) is 9.90. The molecule has 0 bridgehead atoms. The Bertz CT molecular complexity index is 154. The minimum absolute atomic E-state index is 0.393. The van der Waals surface area contributed by atoms with Gasteiger partial charge < -0.3 is 5.73 Å². The summed E-state index contributed by atoms with van der Waals surface area (Å²) in [5.74, 6) is 0. The van der Waals surface area contributed by atoms with E-state index in [4.69, 9.17) is 5.73 Å². The summed E-state index contributed by atoms with van der Waals surface area (Å²) < 4.78 is 1.05. The second-order valence-corrected chi connectivity index (χ2v) is 4.29. The van der Waals surface area contributed by atoms with Gasteiger partial charge in [-0.2, -0.15) is 5.01 Å². The first-order valence-electron chi connectivity index (χ1n) is 5.48. The molecule has 0 amide bonds. The minimum atomic E-state index is 0.393. The van der Waals surface area contributed by atoms with Crippen LogP contribution in [-0.2, 0) is 0 Å². The van der Waals surface area contributed by atoms with Crippen LogP contribution in [0.4, 0.5) is 0 Å². The van der Waals surface area contributed by atoms with E-state index in [0.29, 0.717) is 6.04 Å². The van der Waals surface area contributed by atoms with Gasteiger partial charge in [0, 0.05) is 12.6 Å². The van der Waals surface area contributed by atoms with Crippen molar-refractivity contribution >= 4 is 0 Å². The smallest absolute Gasteiger partial charge is 0.0933 e. The molecule has 3 heteroatoms. The first kappa shape index (κ1) is 11.0. The van der Waals surface area contributed by atoms with Crippen LogP contribution >= 0.6 is 0 Å². The Labute approximate surface area is 82.1 Å². The molecule has 1 atom stereocenters. The Hall–Kier alpha value is -0.120. The molecule has 13 heavy (non-hydrogen) atoms. The largest absolute Gasteiger partial charge is 0.326 e. The third-order valence-electron chi connectivity index (χ3n) is 3.48. The summed E-state index contributed by atoms with van der Waals surface area (Å²) in [6, 6.07) is 0.393. The average molecular weight is 186 g/mol. The van der Waals surface area contributed by atoms with E-state index in [1.807, 2.05) is 0 Å². The third-order valence-corrected chi connectivity index (χ3v) is 3.48. The molecule has 1 saturated heterocycles. The molecule has 1 rings (SSSR count). The predicted molar refractivity (Wildman–Crippen MR) is 56.0 cm³/mol. The maximum absolute atomic E-state index is 5.98. The van der Waals surface area contributed by atoms with E-state index in [2.05, 4.69) is 25.9 Å². The highest BCUT2D eigenvalue weighted by atomic mass is 15.7. The van der Waals surface area contributed by atoms with Crippen molar-refractivity contribution in [2.45, 2.75) is 32.7 Å². The minimum Gasteiger partial charge on any atom is -0.326 e. The van der Waals surface area contributed by atoms with Gasteiger partial charge in [0.15, 0.2) is 0 Å². The summed E-state index contributed by atoms with van der Waals surface area (Å²) in [7, 11) is 2.30. The maximum Gasteiger partial charge on any atom is 0.0933 e. The molecule has 3 nitrogen and oxygen atoms in total. The third kappa shape index (κ3) is 2.42. The molecule has 1 unspecified atom stereocenters. The van der Waals surface area contributed by atoms with Crippen LogP contribution in [0.3, 0.4) is 0 Å². The van der Waals surface area contributed by atoms with E-state index < -0.39 is 0 Å². The zero-order valence-corrected chi connectivity index (χ0v) is 9.29. The summed E-state index contributed by atoms with van der Waals surface area (Å²) in [6.45, 7) is 9.13. The first-order valence-corrected chi connectivity index (χ1v) is 5.48. The molecule has 0 saturated carbocycles. The van der Waals surface area contributed by atoms with Gasteiger partial charge in [-0.05, 0) is 26.7 Å². The molecule has 0 radical (unpaired) electrons. The summed E-state index contributed by atoms with van der Waals surface area (Å²) in [5.41, 5.74) is 5.98. The second kappa shape index (κ2) is 4.40. The normalized spacial score (nSPS) is 26.3. The number of quaternary nitrogens is 1. The van der Waals surface area contributed by atoms with Crippen molar-refractivity contribution in [1.29, 1.82) is 0 Å². The highest BCUT2D eigenvalue weighted by molar-refractivity contribution is 4.70. The Morgan fingerprint density at radius 3 is 2.46 bits per heavy atom. The highest BCUT2D eigenvalue weighted by Crippen LogP contribution is 2.16. The Balaban J connectivity index is 2.57. The lowest BCUT2D eigenvalue weighted by molar-refractivity contribution is -1.02. The molecule has 1 aliphatic heterocycles. The monoisotopic (exact) mass is 186 g/mol. The molecule has 0 aromatic carbocycles. The van der Waals surface area contributed by atoms with E-state index in [-0.39, 0.29) is 0 Å². The lowest BCUT2D eigenvalue weighted by Gasteiger charge is -2.44. The molecule has 1 fully saturated rings. The summed E-state index contributed by atoms with van der Waals surface area (Å²) in [6.07, 6.45) is 2.46. The molecule has 1 aliphatic rings. The molecule has 78 valence electrons. The Morgan fingerprint density at radius 2 is 2.00 bits per heavy atom. The van der Waals surface area contributed by atoms with Crippen LogP contribution < -0.4 is 5.73 Å². The van der Waals surface area contributed by atoms with Gasteiger partial charge in [0.2, 0.25) is 0 Å². The van der Waals surface area contributed by atoms with E-state index in [9.17, 15) is 0 Å². The second-order valence-electron chi connectivity index (χ2n) is 4.29. The molecule has 0 spiro atoms. The topological polar surface area (TPSA) is 29.3 Å². The van der Waals surface area contributed by atoms with Crippen LogP contribution in [0, 0.1) is 0 Å². The van der Waals surface area contributed by atoms with Gasteiger partial charge in [0.25, 0.3) is 0 Å². The highest BCUT2D eigenvalue weighted by Gasteiger charge is 2.30. The Kier molecular flexibility index (Phi) is 3.71. The van der Waals surface area contributed by atoms with Crippen molar-refractivity contribution < 1.29 is 4.59 Å². The average Bonchev–Trinajstić information content (AvgIpc) is 2.17. The van der Waals surface area contributed by atoms with Gasteiger partial charge in [-0.3, -0.25) is 0 Å². The first-order chi connectivity index (χ1) is 6.12. The van der Waals surface area contributed by atoms with Crippen LogP contribution in [0.5, 0.6) is 0 Å². The van der Waals surface area contributed by atoms with Crippen molar-refractivity contribution in [2.75, 3.05) is 33.2 Å². The molecular formula is C10H24N3+. The number of nitrogens with two attached hydrogens (primary N) is 1. The van der Waals surface area contributed by atoms with Crippen molar-refractivity contribution in [3.63, 3.8) is 0 Å². The molecule has 0 aliphatic carbocycles. The number of hydrogen-bond acceptors (Lipinski definition) is 2. The van der Waals surface area contributed by atoms with Gasteiger partial charge in [-0.1, -0.05) is 0 Å². The zero-order valence-electron chi connectivity index (χ0n) is 9.29. The van der Waals surface area contributed by atoms with Gasteiger partial charge in [-0.25, -0.2) is 4.59 Å². The number of rotatable bonds is 3. The lowest BCUT2D eigenvalue weighted by atomic mass is 10.1. The SMILES string of the molecule is CC[N+](C)(CC)N1CCCC(N)C1. The Morgan fingerprint density at radius 1 is 1.38 bits per heavy atom. The number of nitrogens with zero attached hydrogens (tertiary/aromatic N) is 2. The quantitative estimate of drug-likeness (QED) is 0.661. The molecule has 2 N–H and O–H groups in total. The van der Waals surface area contributed by atoms with Crippen LogP contribution in [0.2, 0.25) is 0 Å². The standard InChI is InChI=1S/C10H24N3/c1-4-13(3,5-2)12-8-6-7-10(11)9-12/h10H,4-9,11H2,1-3H3/q+1. The molecular weight excluding hydrogens is 162 g/mol. The summed E-state index contributed by atoms with van der Waals surface area (Å²) in [5, 5.41) is 2.52. The number of hydrogen-bond donors (Lipinski definition) is 1. The maximum atomic E-state index is 5.98. The van der Waals surface area contributed by atoms with Gasteiger partial charge in [-0.15, -0.1) is 0 Å². The fourth-order valence-electron chi connectivity index (χ4n) is 2.05. The van der Waals surface area contributed by atoms with Crippen molar-refractivity contribution in [2.24, 2.45) is 5.73 Å². The van der Waals surface area contributed by atoms with Crippen LogP contribution in [0.15, 0.2) is 0 Å². The van der Waals surface area contributed by atoms with Crippen molar-refractivity contribution in [3.8, 4) is 0 Å². The lowest BCUT2D eigenvalue weighted by Crippen LogP contribution is -2.62. The van der Waals surface area contributed by atoms with Gasteiger partial charge in [0.05, 0.1) is 26.7 Å². The predicted octanol–water partition coefficient (Wildman–Crippen LogP) is 0.811. The van der Waals surface area contributed by atoms with Gasteiger partial charge >= 0.3 is 0 Å². The molecule has 1 heterocycles. The van der Waals surface area contributed by atoms with Crippen LogP contribution in [0.1, 0.15) is 26.7 Å². The molecule has 0 aromatic rings. The van der Waals surface area contributed by atoms with E-state index in [0.717, 1.165) is 11.1 Å². The summed E-state index contributed by atoms with van der Waals surface area (Å²) >= 11 is 0. The fourth-order valence-corrected chi connectivity index (χ4v) is 2.05. The van der Waals surface area contributed by atoms with Crippen molar-refractivity contribution in [1.82, 2.24) is 5.01 Å². The molecule has 0 aromatic heterocycles. The fraction of sp³-hybridized carbons (Fsp3) is 1.00. The van der Waals surface area contributed by atoms with E-state index >= 15 is 0 Å². The van der Waals surface area contributed by atoms with Crippen molar-refractivity contribution in [3.05, 3.63) is 0 Å². The van der Waals surface area contributed by atoms with E-state index in [1.54, 1.807) is 0 Å². The van der Waals surface area contributed by atoms with Crippen LogP contribution in [0.25, 0.3) is 0 Å². The number of piperidine rings is 1. The van der Waals surface area contributed by atoms with Crippen LogP contribution in [-0.4, -0.2) is 48.9 Å². The summed E-state index contributed by atoms with van der Waals surface area (Å²) in [4.78, 5) is 0.